The molecule has 0 bridgehead atoms. The summed E-state index contributed by atoms with van der Waals surface area (Å²) in [5.74, 6) is 0.186. The van der Waals surface area contributed by atoms with E-state index < -0.39 is 5.91 Å². The first-order valence-electron chi connectivity index (χ1n) is 6.25. The smallest absolute Gasteiger partial charge is 0.293 e. The monoisotopic (exact) mass is 315 g/mol. The van der Waals surface area contributed by atoms with Crippen molar-refractivity contribution in [2.75, 3.05) is 5.32 Å². The Balaban J connectivity index is 1.80. The highest BCUT2D eigenvalue weighted by atomic mass is 35.5. The highest BCUT2D eigenvalue weighted by Gasteiger charge is 2.15. The average molecular weight is 316 g/mol. The Kier molecular flexibility index (Phi) is 3.71. The minimum atomic E-state index is -0.484. The number of hydrogen-bond donors (Lipinski definition) is 1. The Labute approximate surface area is 130 Å². The molecule has 3 rings (SSSR count). The summed E-state index contributed by atoms with van der Waals surface area (Å²) in [5, 5.41) is 14.2. The fourth-order valence-electron chi connectivity index (χ4n) is 1.78. The van der Waals surface area contributed by atoms with Gasteiger partial charge >= 0.3 is 0 Å². The Bertz CT molecular complexity index is 839. The number of halogens is 1. The van der Waals surface area contributed by atoms with Crippen LogP contribution >= 0.6 is 11.6 Å². The Morgan fingerprint density at radius 1 is 1.32 bits per heavy atom. The molecule has 0 aliphatic rings. The predicted octanol–water partition coefficient (Wildman–Crippen LogP) is 2.94. The summed E-state index contributed by atoms with van der Waals surface area (Å²) in [6, 6.07) is 10.4. The lowest BCUT2D eigenvalue weighted by Gasteiger charge is -2.00. The van der Waals surface area contributed by atoms with Gasteiger partial charge in [0, 0.05) is 11.8 Å². The van der Waals surface area contributed by atoms with E-state index >= 15 is 0 Å². The van der Waals surface area contributed by atoms with Crippen LogP contribution in [0.15, 0.2) is 47.4 Å². The van der Waals surface area contributed by atoms with Crippen molar-refractivity contribution in [1.82, 2.24) is 20.2 Å². The molecule has 0 atom stereocenters. The number of carbonyl (C=O) groups is 1. The number of anilines is 1. The van der Waals surface area contributed by atoms with Crippen LogP contribution in [0.4, 0.5) is 5.95 Å². The molecule has 8 heteroatoms. The van der Waals surface area contributed by atoms with E-state index in [4.69, 9.17) is 16.0 Å². The largest absolute Gasteiger partial charge is 0.451 e. The molecule has 1 N–H and O–H groups in total. The van der Waals surface area contributed by atoms with Crippen LogP contribution < -0.4 is 5.32 Å². The standard InChI is InChI=1S/C14H10ClN5O2/c1-2-20-18-14(17-19-20)16-13(21)12-8-7-11(22-12)9-5-3-4-6-10(9)15/h2-8H,1H2,(H,16,18,21). The van der Waals surface area contributed by atoms with Gasteiger partial charge in [0.05, 0.1) is 5.02 Å². The molecule has 0 unspecified atom stereocenters. The van der Waals surface area contributed by atoms with Gasteiger partial charge in [0.2, 0.25) is 0 Å². The summed E-state index contributed by atoms with van der Waals surface area (Å²) < 4.78 is 5.52. The number of furan rings is 1. The van der Waals surface area contributed by atoms with Crippen LogP contribution in [0.5, 0.6) is 0 Å². The lowest BCUT2D eigenvalue weighted by atomic mass is 10.2. The molecular formula is C14H10ClN5O2. The van der Waals surface area contributed by atoms with Crippen molar-refractivity contribution in [3.63, 3.8) is 0 Å². The SMILES string of the molecule is C=Cn1nnc(NC(=O)c2ccc(-c3ccccc3Cl)o2)n1. The Morgan fingerprint density at radius 2 is 2.14 bits per heavy atom. The number of carbonyl (C=O) groups excluding carboxylic acids is 1. The molecule has 0 spiro atoms. The minimum absolute atomic E-state index is 0.0561. The Hall–Kier alpha value is -2.93. The fraction of sp³-hybridized carbons (Fsp3) is 0. The summed E-state index contributed by atoms with van der Waals surface area (Å²) >= 11 is 6.10. The van der Waals surface area contributed by atoms with Crippen molar-refractivity contribution in [3.05, 3.63) is 53.8 Å². The van der Waals surface area contributed by atoms with Crippen LogP contribution in [0, 0.1) is 0 Å². The third-order valence-electron chi connectivity index (χ3n) is 2.79. The molecule has 0 radical (unpaired) electrons. The highest BCUT2D eigenvalue weighted by Crippen LogP contribution is 2.29. The molecule has 7 nitrogen and oxygen atoms in total. The third kappa shape index (κ3) is 2.75. The molecule has 1 aromatic carbocycles. The second-order valence-corrected chi connectivity index (χ2v) is 4.62. The number of rotatable bonds is 4. The molecule has 2 heterocycles. The lowest BCUT2D eigenvalue weighted by molar-refractivity contribution is 0.0996. The quantitative estimate of drug-likeness (QED) is 0.800. The van der Waals surface area contributed by atoms with Crippen LogP contribution in [-0.4, -0.2) is 26.1 Å². The number of benzene rings is 1. The summed E-state index contributed by atoms with van der Waals surface area (Å²) in [7, 11) is 0. The Morgan fingerprint density at radius 3 is 2.86 bits per heavy atom. The molecule has 0 saturated carbocycles. The van der Waals surface area contributed by atoms with Gasteiger partial charge in [-0.1, -0.05) is 35.4 Å². The zero-order chi connectivity index (χ0) is 15.5. The zero-order valence-electron chi connectivity index (χ0n) is 11.2. The van der Waals surface area contributed by atoms with Crippen LogP contribution in [-0.2, 0) is 0 Å². The van der Waals surface area contributed by atoms with Gasteiger partial charge in [-0.05, 0) is 29.5 Å². The number of nitrogens with one attached hydrogen (secondary N) is 1. The maximum absolute atomic E-state index is 12.1. The first kappa shape index (κ1) is 14.0. The molecule has 2 aromatic heterocycles. The molecule has 1 amide bonds. The second-order valence-electron chi connectivity index (χ2n) is 4.21. The summed E-state index contributed by atoms with van der Waals surface area (Å²) in [6.45, 7) is 3.48. The van der Waals surface area contributed by atoms with E-state index in [9.17, 15) is 4.79 Å². The molecule has 22 heavy (non-hydrogen) atoms. The van der Waals surface area contributed by atoms with Gasteiger partial charge in [-0.3, -0.25) is 10.1 Å². The second kappa shape index (κ2) is 5.82. The molecule has 110 valence electrons. The van der Waals surface area contributed by atoms with Crippen molar-refractivity contribution < 1.29 is 9.21 Å². The van der Waals surface area contributed by atoms with E-state index in [0.29, 0.717) is 16.3 Å². The van der Waals surface area contributed by atoms with Gasteiger partial charge in [-0.15, -0.1) is 9.90 Å². The number of tetrazole rings is 1. The molecule has 0 saturated heterocycles. The average Bonchev–Trinajstić information content (AvgIpc) is 3.16. The maximum Gasteiger partial charge on any atom is 0.293 e. The van der Waals surface area contributed by atoms with Gasteiger partial charge < -0.3 is 4.42 Å². The van der Waals surface area contributed by atoms with Crippen LogP contribution in [0.3, 0.4) is 0 Å². The van der Waals surface area contributed by atoms with Gasteiger partial charge in [0.25, 0.3) is 11.9 Å². The number of amides is 1. The summed E-state index contributed by atoms with van der Waals surface area (Å²) in [4.78, 5) is 13.2. The predicted molar refractivity (Wildman–Crippen MR) is 81.3 cm³/mol. The van der Waals surface area contributed by atoms with Crippen LogP contribution in [0.25, 0.3) is 17.5 Å². The fourth-order valence-corrected chi connectivity index (χ4v) is 2.01. The third-order valence-corrected chi connectivity index (χ3v) is 3.12. The molecule has 0 aliphatic heterocycles. The van der Waals surface area contributed by atoms with Crippen molar-refractivity contribution in [2.24, 2.45) is 0 Å². The topological polar surface area (TPSA) is 85.8 Å². The maximum atomic E-state index is 12.1. The summed E-state index contributed by atoms with van der Waals surface area (Å²) in [6.07, 6.45) is 1.35. The van der Waals surface area contributed by atoms with Gasteiger partial charge in [0.15, 0.2) is 5.76 Å². The summed E-state index contributed by atoms with van der Waals surface area (Å²) in [5.41, 5.74) is 0.707. The first-order valence-corrected chi connectivity index (χ1v) is 6.63. The van der Waals surface area contributed by atoms with Crippen LogP contribution in [0.1, 0.15) is 10.6 Å². The van der Waals surface area contributed by atoms with E-state index in [2.05, 4.69) is 27.3 Å². The van der Waals surface area contributed by atoms with E-state index in [-0.39, 0.29) is 11.7 Å². The highest BCUT2D eigenvalue weighted by molar-refractivity contribution is 6.33. The number of aromatic nitrogens is 4. The minimum Gasteiger partial charge on any atom is -0.451 e. The van der Waals surface area contributed by atoms with E-state index in [1.165, 1.54) is 6.20 Å². The van der Waals surface area contributed by atoms with E-state index in [1.807, 2.05) is 12.1 Å². The molecule has 0 fully saturated rings. The number of hydrogen-bond acceptors (Lipinski definition) is 5. The lowest BCUT2D eigenvalue weighted by Crippen LogP contribution is -2.12. The van der Waals surface area contributed by atoms with Crippen molar-refractivity contribution in [1.29, 1.82) is 0 Å². The van der Waals surface area contributed by atoms with Crippen molar-refractivity contribution in [3.8, 4) is 11.3 Å². The van der Waals surface area contributed by atoms with Crippen molar-refractivity contribution >= 4 is 29.7 Å². The van der Waals surface area contributed by atoms with E-state index in [1.54, 1.807) is 24.3 Å². The molecule has 3 aromatic rings. The van der Waals surface area contributed by atoms with Gasteiger partial charge in [-0.25, -0.2) is 0 Å². The molecule has 0 aliphatic carbocycles. The van der Waals surface area contributed by atoms with Gasteiger partial charge in [0.1, 0.15) is 5.76 Å². The van der Waals surface area contributed by atoms with Crippen molar-refractivity contribution in [2.45, 2.75) is 0 Å². The van der Waals surface area contributed by atoms with E-state index in [0.717, 1.165) is 4.80 Å². The van der Waals surface area contributed by atoms with Gasteiger partial charge in [-0.2, -0.15) is 0 Å². The number of nitrogens with zero attached hydrogens (tertiary/aromatic N) is 4. The van der Waals surface area contributed by atoms with Crippen LogP contribution in [0.2, 0.25) is 5.02 Å². The normalized spacial score (nSPS) is 10.4. The molecular weight excluding hydrogens is 306 g/mol. The zero-order valence-corrected chi connectivity index (χ0v) is 12.0. The first-order chi connectivity index (χ1) is 10.7.